The van der Waals surface area contributed by atoms with Crippen LogP contribution in [0.5, 0.6) is 11.5 Å². The summed E-state index contributed by atoms with van der Waals surface area (Å²) in [7, 11) is 3.15. The number of methoxy groups -OCH3 is 2. The molecule has 0 fully saturated rings. The van der Waals surface area contributed by atoms with Crippen molar-refractivity contribution in [3.63, 3.8) is 0 Å². The summed E-state index contributed by atoms with van der Waals surface area (Å²) >= 11 is 1.54. The molecule has 0 unspecified atom stereocenters. The quantitative estimate of drug-likeness (QED) is 0.764. The smallest absolute Gasteiger partial charge is 0.225 e. The largest absolute Gasteiger partial charge is 0.493 e. The topological polar surface area (TPSA) is 71.3 Å². The summed E-state index contributed by atoms with van der Waals surface area (Å²) in [6.45, 7) is 2.12. The number of nitrogens with zero attached hydrogens (tertiary/aromatic N) is 1. The zero-order valence-corrected chi connectivity index (χ0v) is 15.0. The van der Waals surface area contributed by atoms with E-state index in [0.717, 1.165) is 24.2 Å². The second-order valence-electron chi connectivity index (χ2n) is 5.48. The summed E-state index contributed by atoms with van der Waals surface area (Å²) in [5.74, 6) is 1.79. The van der Waals surface area contributed by atoms with Crippen LogP contribution in [0.15, 0.2) is 28.8 Å². The third-order valence-corrected chi connectivity index (χ3v) is 5.01. The number of amides is 1. The van der Waals surface area contributed by atoms with Gasteiger partial charge >= 0.3 is 0 Å². The van der Waals surface area contributed by atoms with Crippen molar-refractivity contribution in [2.45, 2.75) is 32.1 Å². The first-order valence-electron chi connectivity index (χ1n) is 7.93. The summed E-state index contributed by atoms with van der Waals surface area (Å²) in [5, 5.41) is 13.2. The first-order valence-corrected chi connectivity index (χ1v) is 8.92. The average Bonchev–Trinajstić information content (AvgIpc) is 2.60. The molecule has 1 aliphatic heterocycles. The van der Waals surface area contributed by atoms with Gasteiger partial charge in [-0.25, -0.2) is 0 Å². The van der Waals surface area contributed by atoms with Crippen LogP contribution in [0.2, 0.25) is 0 Å². The van der Waals surface area contributed by atoms with Crippen LogP contribution in [0, 0.1) is 11.3 Å². The molecule has 1 aromatic carbocycles. The molecular weight excluding hydrogens is 324 g/mol. The van der Waals surface area contributed by atoms with Gasteiger partial charge in [0.1, 0.15) is 0 Å². The lowest BCUT2D eigenvalue weighted by atomic mass is 9.87. The van der Waals surface area contributed by atoms with E-state index in [1.165, 1.54) is 0 Å². The van der Waals surface area contributed by atoms with Gasteiger partial charge in [-0.1, -0.05) is 19.4 Å². The first kappa shape index (κ1) is 18.2. The third kappa shape index (κ3) is 4.04. The normalized spacial score (nSPS) is 17.2. The van der Waals surface area contributed by atoms with Gasteiger partial charge < -0.3 is 14.8 Å². The molecule has 0 aliphatic carbocycles. The second kappa shape index (κ2) is 8.65. The molecule has 0 radical (unpaired) electrons. The van der Waals surface area contributed by atoms with Gasteiger partial charge in [0.15, 0.2) is 11.5 Å². The molecule has 0 aromatic heterocycles. The summed E-state index contributed by atoms with van der Waals surface area (Å²) < 4.78 is 10.6. The van der Waals surface area contributed by atoms with E-state index in [0.29, 0.717) is 22.1 Å². The Labute approximate surface area is 147 Å². The van der Waals surface area contributed by atoms with E-state index < -0.39 is 0 Å². The van der Waals surface area contributed by atoms with E-state index in [2.05, 4.69) is 18.3 Å². The summed E-state index contributed by atoms with van der Waals surface area (Å²) in [6.07, 6.45) is 2.38. The highest BCUT2D eigenvalue weighted by Crippen LogP contribution is 2.39. The number of unbranched alkanes of at least 4 members (excludes halogenated alkanes) is 1. The lowest BCUT2D eigenvalue weighted by Crippen LogP contribution is -2.31. The van der Waals surface area contributed by atoms with Gasteiger partial charge in [-0.2, -0.15) is 5.26 Å². The van der Waals surface area contributed by atoms with Crippen molar-refractivity contribution < 1.29 is 14.3 Å². The molecule has 128 valence electrons. The van der Waals surface area contributed by atoms with Gasteiger partial charge in [0, 0.05) is 12.3 Å². The maximum atomic E-state index is 12.1. The fourth-order valence-corrected chi connectivity index (χ4v) is 3.77. The Morgan fingerprint density at radius 1 is 1.33 bits per heavy atom. The molecule has 0 saturated carbocycles. The molecular formula is C18H22N2O3S. The number of ether oxygens (including phenoxy) is 2. The molecule has 6 heteroatoms. The van der Waals surface area contributed by atoms with Gasteiger partial charge in [-0.15, -0.1) is 11.8 Å². The predicted octanol–water partition coefficient (Wildman–Crippen LogP) is 3.58. The number of nitriles is 1. The van der Waals surface area contributed by atoms with E-state index in [-0.39, 0.29) is 18.2 Å². The van der Waals surface area contributed by atoms with Gasteiger partial charge in [0.05, 0.1) is 30.9 Å². The van der Waals surface area contributed by atoms with Crippen LogP contribution >= 0.6 is 11.8 Å². The molecule has 1 aromatic rings. The predicted molar refractivity (Wildman–Crippen MR) is 95.1 cm³/mol. The van der Waals surface area contributed by atoms with E-state index in [4.69, 9.17) is 9.47 Å². The maximum absolute atomic E-state index is 12.1. The van der Waals surface area contributed by atoms with Crippen LogP contribution in [0.25, 0.3) is 0 Å². The molecule has 1 N–H and O–H groups in total. The Kier molecular flexibility index (Phi) is 6.56. The van der Waals surface area contributed by atoms with Crippen molar-refractivity contribution in [3.05, 3.63) is 34.4 Å². The molecule has 1 atom stereocenters. The van der Waals surface area contributed by atoms with Crippen molar-refractivity contribution in [1.82, 2.24) is 5.32 Å². The minimum absolute atomic E-state index is 0.0622. The van der Waals surface area contributed by atoms with Gasteiger partial charge in [0.2, 0.25) is 5.91 Å². The fourth-order valence-electron chi connectivity index (χ4n) is 2.61. The van der Waals surface area contributed by atoms with Crippen LogP contribution in [0.1, 0.15) is 37.7 Å². The number of carbonyl (C=O) groups excluding carboxylic acids is 1. The maximum Gasteiger partial charge on any atom is 0.225 e. The van der Waals surface area contributed by atoms with Gasteiger partial charge in [-0.3, -0.25) is 4.79 Å². The van der Waals surface area contributed by atoms with Crippen molar-refractivity contribution in [2.24, 2.45) is 0 Å². The van der Waals surface area contributed by atoms with Crippen LogP contribution in [0.3, 0.4) is 0 Å². The number of benzene rings is 1. The number of allylic oxidation sites excluding steroid dienone is 1. The number of hydrogen-bond acceptors (Lipinski definition) is 5. The summed E-state index contributed by atoms with van der Waals surface area (Å²) in [4.78, 5) is 12.1. The third-order valence-electron chi connectivity index (χ3n) is 3.91. The van der Waals surface area contributed by atoms with Crippen molar-refractivity contribution in [1.29, 1.82) is 5.26 Å². The zero-order chi connectivity index (χ0) is 17.5. The highest BCUT2D eigenvalue weighted by atomic mass is 32.2. The standard InChI is InChI=1S/C18H22N2O3S/c1-4-5-8-24-18-14(11-19)13(10-17(21)20-18)12-6-7-15(22-2)16(9-12)23-3/h6-7,9,13H,4-5,8,10H2,1-3H3,(H,20,21)/t13-/m0/s1. The molecule has 1 heterocycles. The molecule has 1 amide bonds. The summed E-state index contributed by atoms with van der Waals surface area (Å²) in [5.41, 5.74) is 1.50. The Morgan fingerprint density at radius 3 is 2.71 bits per heavy atom. The van der Waals surface area contributed by atoms with Gasteiger partial charge in [-0.05, 0) is 29.9 Å². The number of thioether (sulfide) groups is 1. The van der Waals surface area contributed by atoms with Crippen LogP contribution in [0.4, 0.5) is 0 Å². The second-order valence-corrected chi connectivity index (χ2v) is 6.58. The van der Waals surface area contributed by atoms with Crippen molar-refractivity contribution in [2.75, 3.05) is 20.0 Å². The number of hydrogen-bond donors (Lipinski definition) is 1. The molecule has 0 saturated heterocycles. The molecule has 1 aliphatic rings. The fraction of sp³-hybridized carbons (Fsp3) is 0.444. The summed E-state index contributed by atoms with van der Waals surface area (Å²) in [6, 6.07) is 7.82. The van der Waals surface area contributed by atoms with Crippen molar-refractivity contribution in [3.8, 4) is 17.6 Å². The van der Waals surface area contributed by atoms with E-state index >= 15 is 0 Å². The lowest BCUT2D eigenvalue weighted by molar-refractivity contribution is -0.120. The molecule has 2 rings (SSSR count). The van der Waals surface area contributed by atoms with Crippen LogP contribution in [-0.4, -0.2) is 25.9 Å². The molecule has 24 heavy (non-hydrogen) atoms. The van der Waals surface area contributed by atoms with E-state index in [1.807, 2.05) is 12.1 Å². The molecule has 0 spiro atoms. The molecule has 5 nitrogen and oxygen atoms in total. The minimum atomic E-state index is -0.257. The highest BCUT2D eigenvalue weighted by molar-refractivity contribution is 8.03. The molecule has 0 bridgehead atoms. The Bertz CT molecular complexity index is 679. The monoisotopic (exact) mass is 346 g/mol. The first-order chi connectivity index (χ1) is 11.6. The SMILES string of the molecule is CCCCSC1=C(C#N)[C@H](c2ccc(OC)c(OC)c2)CC(=O)N1. The Balaban J connectivity index is 2.38. The zero-order valence-electron chi connectivity index (χ0n) is 14.2. The highest BCUT2D eigenvalue weighted by Gasteiger charge is 2.30. The van der Waals surface area contributed by atoms with Crippen LogP contribution in [-0.2, 0) is 4.79 Å². The van der Waals surface area contributed by atoms with Crippen LogP contribution < -0.4 is 14.8 Å². The lowest BCUT2D eigenvalue weighted by Gasteiger charge is -2.25. The van der Waals surface area contributed by atoms with E-state index in [9.17, 15) is 10.1 Å². The minimum Gasteiger partial charge on any atom is -0.493 e. The number of nitrogens with one attached hydrogen (secondary N) is 1. The average molecular weight is 346 g/mol. The van der Waals surface area contributed by atoms with Gasteiger partial charge in [0.25, 0.3) is 0 Å². The number of carbonyl (C=O) groups is 1. The Morgan fingerprint density at radius 2 is 2.08 bits per heavy atom. The number of rotatable bonds is 7. The Hall–Kier alpha value is -2.13. The van der Waals surface area contributed by atoms with E-state index in [1.54, 1.807) is 32.0 Å². The van der Waals surface area contributed by atoms with Crippen molar-refractivity contribution >= 4 is 17.7 Å².